The van der Waals surface area contributed by atoms with E-state index < -0.39 is 0 Å². The van der Waals surface area contributed by atoms with Crippen LogP contribution in [0.1, 0.15) is 0 Å². The molecule has 10 heavy (non-hydrogen) atoms. The van der Waals surface area contributed by atoms with Gasteiger partial charge in [-0.25, -0.2) is 0 Å². The Morgan fingerprint density at radius 3 is 2.30 bits per heavy atom. The van der Waals surface area contributed by atoms with E-state index in [2.05, 4.69) is 0 Å². The minimum Gasteiger partial charge on any atom is -0.388 e. The third-order valence-electron chi connectivity index (χ3n) is 1.16. The zero-order chi connectivity index (χ0) is 7.56. The van der Waals surface area contributed by atoms with Crippen LogP contribution < -0.4 is 0 Å². The Morgan fingerprint density at radius 1 is 1.40 bits per heavy atom. The van der Waals surface area contributed by atoms with Gasteiger partial charge in [0.15, 0.2) is 0 Å². The summed E-state index contributed by atoms with van der Waals surface area (Å²) in [6, 6.07) is 0. The summed E-state index contributed by atoms with van der Waals surface area (Å²) in [5.41, 5.74) is 0. The van der Waals surface area contributed by atoms with Crippen LogP contribution in [0, 0.1) is 6.61 Å². The number of amides is 2. The summed E-state index contributed by atoms with van der Waals surface area (Å²) in [5, 5.41) is 8.26. The van der Waals surface area contributed by atoms with E-state index in [1.54, 1.807) is 0 Å². The summed E-state index contributed by atoms with van der Waals surface area (Å²) < 4.78 is 0. The van der Waals surface area contributed by atoms with E-state index in [0.717, 1.165) is 11.5 Å². The number of carbonyl (C=O) groups excluding carboxylic acids is 2. The van der Waals surface area contributed by atoms with Gasteiger partial charge in [0.25, 0.3) is 11.8 Å². The maximum atomic E-state index is 10.7. The lowest BCUT2D eigenvalue weighted by Gasteiger charge is -2.09. The smallest absolute Gasteiger partial charge is 0.253 e. The zero-order valence-electron chi connectivity index (χ0n) is 5.15. The normalized spacial score (nSPS) is 17.1. The molecular formula is C6H6NO3. The van der Waals surface area contributed by atoms with Crippen LogP contribution in [0.15, 0.2) is 12.2 Å². The van der Waals surface area contributed by atoms with Crippen molar-refractivity contribution in [1.82, 2.24) is 4.90 Å². The van der Waals surface area contributed by atoms with Crippen molar-refractivity contribution in [1.29, 1.82) is 0 Å². The molecule has 1 radical (unpaired) electrons. The molecule has 1 rings (SSSR count). The fraction of sp³-hybridized carbons (Fsp3) is 0.167. The van der Waals surface area contributed by atoms with Crippen molar-refractivity contribution in [2.24, 2.45) is 0 Å². The largest absolute Gasteiger partial charge is 0.388 e. The van der Waals surface area contributed by atoms with Gasteiger partial charge in [0.2, 0.25) is 0 Å². The summed E-state index contributed by atoms with van der Waals surface area (Å²) >= 11 is 0. The van der Waals surface area contributed by atoms with Gasteiger partial charge < -0.3 is 5.11 Å². The van der Waals surface area contributed by atoms with E-state index in [0.29, 0.717) is 0 Å². The number of carbonyl (C=O) groups is 2. The predicted octanol–water partition coefficient (Wildman–Crippen LogP) is -0.554. The molecular weight excluding hydrogens is 134 g/mol. The minimum atomic E-state index is -0.379. The van der Waals surface area contributed by atoms with Crippen molar-refractivity contribution in [3.63, 3.8) is 0 Å². The van der Waals surface area contributed by atoms with Gasteiger partial charge in [0.1, 0.15) is 0 Å². The highest BCUT2D eigenvalue weighted by atomic mass is 16.3. The highest BCUT2D eigenvalue weighted by molar-refractivity contribution is 6.12. The first-order valence-corrected chi connectivity index (χ1v) is 2.75. The second-order valence-corrected chi connectivity index (χ2v) is 1.80. The van der Waals surface area contributed by atoms with E-state index in [1.807, 2.05) is 0 Å². The summed E-state index contributed by atoms with van der Waals surface area (Å²) in [7, 11) is 0. The third kappa shape index (κ3) is 1.06. The highest BCUT2D eigenvalue weighted by Gasteiger charge is 2.21. The van der Waals surface area contributed by atoms with Gasteiger partial charge >= 0.3 is 0 Å². The first-order valence-electron chi connectivity index (χ1n) is 2.75. The van der Waals surface area contributed by atoms with E-state index in [9.17, 15) is 9.59 Å². The van der Waals surface area contributed by atoms with E-state index in [4.69, 9.17) is 5.11 Å². The molecule has 0 atom stereocenters. The van der Waals surface area contributed by atoms with Crippen LogP contribution in [0.25, 0.3) is 0 Å². The lowest BCUT2D eigenvalue weighted by Crippen LogP contribution is -2.30. The van der Waals surface area contributed by atoms with E-state index >= 15 is 0 Å². The van der Waals surface area contributed by atoms with Crippen molar-refractivity contribution in [3.8, 4) is 0 Å². The fourth-order valence-corrected chi connectivity index (χ4v) is 0.693. The van der Waals surface area contributed by atoms with Crippen molar-refractivity contribution in [2.45, 2.75) is 0 Å². The molecule has 4 nitrogen and oxygen atoms in total. The Kier molecular flexibility index (Phi) is 1.82. The molecule has 0 saturated carbocycles. The number of hydrogen-bond donors (Lipinski definition) is 1. The molecule has 1 N–H and O–H groups in total. The van der Waals surface area contributed by atoms with Crippen LogP contribution in [-0.4, -0.2) is 28.4 Å². The molecule has 53 valence electrons. The van der Waals surface area contributed by atoms with Crippen LogP contribution in [0.4, 0.5) is 0 Å². The Balaban J connectivity index is 2.60. The molecule has 0 aromatic rings. The number of aliphatic hydroxyl groups excluding tert-OH is 1. The molecule has 0 aliphatic carbocycles. The zero-order valence-corrected chi connectivity index (χ0v) is 5.15. The molecule has 0 unspecified atom stereocenters. The summed E-state index contributed by atoms with van der Waals surface area (Å²) in [6.07, 6.45) is 2.34. The number of hydrogen-bond acceptors (Lipinski definition) is 3. The monoisotopic (exact) mass is 140 g/mol. The summed E-state index contributed by atoms with van der Waals surface area (Å²) in [6.45, 7) is 0.730. The van der Waals surface area contributed by atoms with Crippen molar-refractivity contribution >= 4 is 11.8 Å². The van der Waals surface area contributed by atoms with Gasteiger partial charge in [0.05, 0.1) is 13.2 Å². The van der Waals surface area contributed by atoms with Crippen molar-refractivity contribution < 1.29 is 14.7 Å². The lowest BCUT2D eigenvalue weighted by atomic mass is 10.5. The molecule has 0 saturated heterocycles. The van der Waals surface area contributed by atoms with Gasteiger partial charge in [-0.15, -0.1) is 0 Å². The SMILES string of the molecule is O=C1C=CC(=O)N1C[CH]O. The van der Waals surface area contributed by atoms with Gasteiger partial charge in [-0.1, -0.05) is 0 Å². The summed E-state index contributed by atoms with van der Waals surface area (Å²) in [5.74, 6) is -0.759. The second kappa shape index (κ2) is 2.62. The van der Waals surface area contributed by atoms with Crippen molar-refractivity contribution in [2.75, 3.05) is 6.54 Å². The van der Waals surface area contributed by atoms with Gasteiger partial charge in [0, 0.05) is 12.2 Å². The second-order valence-electron chi connectivity index (χ2n) is 1.80. The highest BCUT2D eigenvalue weighted by Crippen LogP contribution is 2.02. The standard InChI is InChI=1S/C6H6NO3/c8-4-3-7-5(9)1-2-6(7)10/h1-2,4,8H,3H2. The molecule has 4 heteroatoms. The Labute approximate surface area is 57.7 Å². The van der Waals surface area contributed by atoms with E-state index in [-0.39, 0.29) is 18.4 Å². The van der Waals surface area contributed by atoms with Crippen LogP contribution in [0.2, 0.25) is 0 Å². The molecule has 1 aliphatic heterocycles. The van der Waals surface area contributed by atoms with E-state index in [1.165, 1.54) is 12.2 Å². The summed E-state index contributed by atoms with van der Waals surface area (Å²) in [4.78, 5) is 22.3. The molecule has 0 aromatic carbocycles. The first-order chi connectivity index (χ1) is 4.75. The topological polar surface area (TPSA) is 57.6 Å². The molecule has 1 aliphatic rings. The van der Waals surface area contributed by atoms with Gasteiger partial charge in [-0.05, 0) is 0 Å². The van der Waals surface area contributed by atoms with Crippen molar-refractivity contribution in [3.05, 3.63) is 18.8 Å². The maximum Gasteiger partial charge on any atom is 0.253 e. The number of imide groups is 1. The predicted molar refractivity (Wildman–Crippen MR) is 32.1 cm³/mol. The number of nitrogens with zero attached hydrogens (tertiary/aromatic N) is 1. The van der Waals surface area contributed by atoms with Crippen LogP contribution in [0.3, 0.4) is 0 Å². The molecule has 2 amide bonds. The molecule has 0 aromatic heterocycles. The van der Waals surface area contributed by atoms with Gasteiger partial charge in [-0.2, -0.15) is 0 Å². The molecule has 0 fully saturated rings. The molecule has 1 heterocycles. The van der Waals surface area contributed by atoms with Crippen LogP contribution in [-0.2, 0) is 9.59 Å². The average molecular weight is 140 g/mol. The first kappa shape index (κ1) is 6.95. The molecule has 0 spiro atoms. The Hall–Kier alpha value is -1.16. The Bertz CT molecular complexity index is 179. The van der Waals surface area contributed by atoms with Crippen LogP contribution >= 0.6 is 0 Å². The number of aliphatic hydroxyl groups is 1. The third-order valence-corrected chi connectivity index (χ3v) is 1.16. The average Bonchev–Trinajstić information content (AvgIpc) is 2.20. The molecule has 0 bridgehead atoms. The Morgan fingerprint density at radius 2 is 1.90 bits per heavy atom. The maximum absolute atomic E-state index is 10.7. The number of rotatable bonds is 2. The van der Waals surface area contributed by atoms with Crippen LogP contribution in [0.5, 0.6) is 0 Å². The van der Waals surface area contributed by atoms with Gasteiger partial charge in [-0.3, -0.25) is 14.5 Å². The fourth-order valence-electron chi connectivity index (χ4n) is 0.693. The lowest BCUT2D eigenvalue weighted by molar-refractivity contribution is -0.136. The quantitative estimate of drug-likeness (QED) is 0.523. The minimum absolute atomic E-state index is 0.0370.